The van der Waals surface area contributed by atoms with Gasteiger partial charge in [0.25, 0.3) is 5.56 Å². The Morgan fingerprint density at radius 3 is 2.37 bits per heavy atom. The molecule has 1 N–H and O–H groups in total. The van der Waals surface area contributed by atoms with Crippen LogP contribution >= 0.6 is 0 Å². The van der Waals surface area contributed by atoms with Gasteiger partial charge in [-0.25, -0.2) is 9.59 Å². The zero-order valence-corrected chi connectivity index (χ0v) is 18.3. The molecule has 168 valence electrons. The Kier molecular flexibility index (Phi) is 8.81. The number of aromatic nitrogens is 2. The van der Waals surface area contributed by atoms with Crippen LogP contribution in [0.1, 0.15) is 33.3 Å². The van der Waals surface area contributed by atoms with Crippen LogP contribution in [0.15, 0.2) is 15.8 Å². The van der Waals surface area contributed by atoms with Crippen LogP contribution in [0, 0.1) is 6.92 Å². The van der Waals surface area contributed by atoms with Crippen molar-refractivity contribution in [2.24, 2.45) is 0 Å². The van der Waals surface area contributed by atoms with E-state index in [-0.39, 0.29) is 38.3 Å². The van der Waals surface area contributed by atoms with E-state index in [0.29, 0.717) is 0 Å². The number of hydrogen-bond acceptors (Lipinski definition) is 7. The van der Waals surface area contributed by atoms with Gasteiger partial charge < -0.3 is 19.3 Å². The SMILES string of the molecule is CCOC(=O)CN(CCN(C)C(=O)OC(C)(C)C)C(=O)Cn1cc(C)c(=O)[nH]c1=O. The Balaban J connectivity index is 2.92. The van der Waals surface area contributed by atoms with Gasteiger partial charge in [-0.05, 0) is 34.6 Å². The van der Waals surface area contributed by atoms with Crippen molar-refractivity contribution in [3.63, 3.8) is 0 Å². The van der Waals surface area contributed by atoms with Gasteiger partial charge >= 0.3 is 17.8 Å². The van der Waals surface area contributed by atoms with Crippen LogP contribution < -0.4 is 11.2 Å². The Bertz CT molecular complexity index is 882. The van der Waals surface area contributed by atoms with Gasteiger partial charge in [0.1, 0.15) is 18.7 Å². The Labute approximate surface area is 174 Å². The van der Waals surface area contributed by atoms with Crippen LogP contribution in [0.3, 0.4) is 0 Å². The molecule has 0 spiro atoms. The van der Waals surface area contributed by atoms with E-state index in [0.717, 1.165) is 4.57 Å². The van der Waals surface area contributed by atoms with Gasteiger partial charge in [0.2, 0.25) is 5.91 Å². The van der Waals surface area contributed by atoms with Gasteiger partial charge in [0, 0.05) is 31.9 Å². The van der Waals surface area contributed by atoms with Crippen LogP contribution in [0.25, 0.3) is 0 Å². The number of rotatable bonds is 8. The van der Waals surface area contributed by atoms with Gasteiger partial charge in [0.15, 0.2) is 0 Å². The summed E-state index contributed by atoms with van der Waals surface area (Å²) in [4.78, 5) is 64.8. The first-order valence-electron chi connectivity index (χ1n) is 9.52. The van der Waals surface area contributed by atoms with E-state index < -0.39 is 34.8 Å². The monoisotopic (exact) mass is 426 g/mol. The largest absolute Gasteiger partial charge is 0.465 e. The molecule has 11 heteroatoms. The lowest BCUT2D eigenvalue weighted by molar-refractivity contribution is -0.149. The highest BCUT2D eigenvalue weighted by molar-refractivity contribution is 5.82. The quantitative estimate of drug-likeness (QED) is 0.584. The Morgan fingerprint density at radius 2 is 1.80 bits per heavy atom. The predicted octanol–water partition coefficient (Wildman–Crippen LogP) is 0.104. The number of amides is 2. The maximum atomic E-state index is 12.7. The van der Waals surface area contributed by atoms with Crippen molar-refractivity contribution in [1.82, 2.24) is 19.4 Å². The van der Waals surface area contributed by atoms with E-state index in [9.17, 15) is 24.0 Å². The summed E-state index contributed by atoms with van der Waals surface area (Å²) in [5.41, 5.74) is -1.68. The average Bonchev–Trinajstić information content (AvgIpc) is 2.61. The molecule has 0 radical (unpaired) electrons. The summed E-state index contributed by atoms with van der Waals surface area (Å²) in [6, 6.07) is 0. The van der Waals surface area contributed by atoms with Gasteiger partial charge in [-0.15, -0.1) is 0 Å². The number of esters is 1. The van der Waals surface area contributed by atoms with Gasteiger partial charge in [-0.1, -0.05) is 0 Å². The zero-order chi connectivity index (χ0) is 23.1. The van der Waals surface area contributed by atoms with Crippen molar-refractivity contribution in [2.45, 2.75) is 46.8 Å². The molecule has 1 aromatic heterocycles. The smallest absolute Gasteiger partial charge is 0.410 e. The lowest BCUT2D eigenvalue weighted by Gasteiger charge is -2.27. The van der Waals surface area contributed by atoms with E-state index in [1.54, 1.807) is 27.7 Å². The number of likely N-dealkylation sites (N-methyl/N-ethyl adjacent to an activating group) is 1. The average molecular weight is 426 g/mol. The minimum Gasteiger partial charge on any atom is -0.465 e. The highest BCUT2D eigenvalue weighted by Gasteiger charge is 2.23. The molecule has 30 heavy (non-hydrogen) atoms. The van der Waals surface area contributed by atoms with E-state index in [4.69, 9.17) is 9.47 Å². The fraction of sp³-hybridized carbons (Fsp3) is 0.632. The van der Waals surface area contributed by atoms with Gasteiger partial charge in [0.05, 0.1) is 6.61 Å². The van der Waals surface area contributed by atoms with E-state index in [2.05, 4.69) is 4.98 Å². The summed E-state index contributed by atoms with van der Waals surface area (Å²) in [7, 11) is 1.51. The lowest BCUT2D eigenvalue weighted by Crippen LogP contribution is -2.45. The molecule has 0 aliphatic heterocycles. The molecule has 1 rings (SSSR count). The number of hydrogen-bond donors (Lipinski definition) is 1. The standard InChI is InChI=1S/C19H30N4O7/c1-7-29-15(25)12-22(9-8-21(6)18(28)30-19(3,4)5)14(24)11-23-10-13(2)16(26)20-17(23)27/h10H,7-9,11-12H2,1-6H3,(H,20,26,27). The first-order chi connectivity index (χ1) is 13.8. The van der Waals surface area contributed by atoms with Crippen molar-refractivity contribution in [1.29, 1.82) is 0 Å². The molecule has 0 saturated carbocycles. The first kappa shape index (κ1) is 24.9. The van der Waals surface area contributed by atoms with Gasteiger partial charge in [-0.2, -0.15) is 0 Å². The van der Waals surface area contributed by atoms with Crippen molar-refractivity contribution >= 4 is 18.0 Å². The molecule has 0 bridgehead atoms. The first-order valence-corrected chi connectivity index (χ1v) is 9.52. The fourth-order valence-electron chi connectivity index (χ4n) is 2.34. The molecule has 1 aromatic rings. The molecule has 0 unspecified atom stereocenters. The van der Waals surface area contributed by atoms with Crippen molar-refractivity contribution in [2.75, 3.05) is 33.3 Å². The number of carbonyl (C=O) groups excluding carboxylic acids is 3. The van der Waals surface area contributed by atoms with Crippen molar-refractivity contribution < 1.29 is 23.9 Å². The van der Waals surface area contributed by atoms with Crippen LogP contribution in [-0.2, 0) is 25.6 Å². The van der Waals surface area contributed by atoms with E-state index >= 15 is 0 Å². The Hall–Kier alpha value is -3.11. The Morgan fingerprint density at radius 1 is 1.17 bits per heavy atom. The summed E-state index contributed by atoms with van der Waals surface area (Å²) in [6.45, 7) is 7.89. The van der Waals surface area contributed by atoms with Crippen molar-refractivity contribution in [3.8, 4) is 0 Å². The maximum Gasteiger partial charge on any atom is 0.410 e. The van der Waals surface area contributed by atoms with Gasteiger partial charge in [-0.3, -0.25) is 23.9 Å². The number of carbonyl (C=O) groups is 3. The highest BCUT2D eigenvalue weighted by atomic mass is 16.6. The minimum absolute atomic E-state index is 0.0183. The number of nitrogens with zero attached hydrogens (tertiary/aromatic N) is 3. The van der Waals surface area contributed by atoms with Crippen molar-refractivity contribution in [3.05, 3.63) is 32.6 Å². The molecule has 0 aromatic carbocycles. The van der Waals surface area contributed by atoms with E-state index in [1.165, 1.54) is 30.0 Å². The highest BCUT2D eigenvalue weighted by Crippen LogP contribution is 2.09. The predicted molar refractivity (Wildman–Crippen MR) is 108 cm³/mol. The maximum absolute atomic E-state index is 12.7. The molecule has 0 atom stereocenters. The molecule has 0 aliphatic rings. The minimum atomic E-state index is -0.735. The molecular weight excluding hydrogens is 396 g/mol. The number of ether oxygens (including phenoxy) is 2. The molecule has 0 fully saturated rings. The van der Waals surface area contributed by atoms with Crippen LogP contribution in [-0.4, -0.2) is 76.2 Å². The number of H-pyrrole nitrogens is 1. The molecule has 2 amide bonds. The number of aromatic amines is 1. The normalized spacial score (nSPS) is 11.0. The third-order valence-electron chi connectivity index (χ3n) is 3.88. The summed E-state index contributed by atoms with van der Waals surface area (Å²) < 4.78 is 11.2. The third-order valence-corrected chi connectivity index (χ3v) is 3.88. The van der Waals surface area contributed by atoms with Crippen LogP contribution in [0.2, 0.25) is 0 Å². The summed E-state index contributed by atoms with van der Waals surface area (Å²) >= 11 is 0. The second-order valence-corrected chi connectivity index (χ2v) is 7.72. The van der Waals surface area contributed by atoms with Crippen LogP contribution in [0.4, 0.5) is 4.79 Å². The molecular formula is C19H30N4O7. The number of nitrogens with one attached hydrogen (secondary N) is 1. The summed E-state index contributed by atoms with van der Waals surface area (Å²) in [5.74, 6) is -1.16. The second-order valence-electron chi connectivity index (χ2n) is 7.72. The van der Waals surface area contributed by atoms with Crippen LogP contribution in [0.5, 0.6) is 0 Å². The summed E-state index contributed by atoms with van der Waals surface area (Å²) in [5, 5.41) is 0. The molecule has 0 saturated heterocycles. The second kappa shape index (κ2) is 10.6. The van der Waals surface area contributed by atoms with E-state index in [1.807, 2.05) is 0 Å². The zero-order valence-electron chi connectivity index (χ0n) is 18.3. The lowest BCUT2D eigenvalue weighted by atomic mass is 10.2. The fourth-order valence-corrected chi connectivity index (χ4v) is 2.34. The summed E-state index contributed by atoms with van der Waals surface area (Å²) in [6.07, 6.45) is 0.701. The third kappa shape index (κ3) is 8.10. The molecule has 11 nitrogen and oxygen atoms in total. The topological polar surface area (TPSA) is 131 Å². The molecule has 1 heterocycles. The molecule has 0 aliphatic carbocycles. The number of aryl methyl sites for hydroxylation is 1.